The second-order valence-electron chi connectivity index (χ2n) is 4.06. The van der Waals surface area contributed by atoms with Crippen LogP contribution in [-0.2, 0) is 6.54 Å². The zero-order chi connectivity index (χ0) is 14.4. The summed E-state index contributed by atoms with van der Waals surface area (Å²) in [5.74, 6) is 0.744. The molecule has 1 aromatic heterocycles. The molecule has 1 heterocycles. The topological polar surface area (TPSA) is 74.6 Å². The van der Waals surface area contributed by atoms with Gasteiger partial charge in [-0.25, -0.2) is 0 Å². The molecule has 2 rings (SSSR count). The van der Waals surface area contributed by atoms with Crippen molar-refractivity contribution < 1.29 is 4.74 Å². The molecular weight excluding hydrogens is 252 g/mol. The van der Waals surface area contributed by atoms with Crippen LogP contribution >= 0.6 is 0 Å². The highest BCUT2D eigenvalue weighted by atomic mass is 16.5. The van der Waals surface area contributed by atoms with E-state index in [2.05, 4.69) is 5.10 Å². The van der Waals surface area contributed by atoms with Gasteiger partial charge in [-0.1, -0.05) is 6.07 Å². The van der Waals surface area contributed by atoms with Gasteiger partial charge in [0.2, 0.25) is 0 Å². The Balaban J connectivity index is 2.37. The molecule has 0 fully saturated rings. The Bertz CT molecular complexity index is 686. The van der Waals surface area contributed by atoms with E-state index in [1.165, 1.54) is 0 Å². The lowest BCUT2D eigenvalue weighted by Crippen LogP contribution is -2.02. The largest absolute Gasteiger partial charge is 0.496 e. The number of ether oxygens (including phenoxy) is 1. The summed E-state index contributed by atoms with van der Waals surface area (Å²) in [5, 5.41) is 21.7. The third kappa shape index (κ3) is 3.04. The summed E-state index contributed by atoms with van der Waals surface area (Å²) in [5.41, 5.74) is 1.78. The first-order valence-electron chi connectivity index (χ1n) is 5.93. The Kier molecular flexibility index (Phi) is 4.16. The number of nitriles is 2. The molecule has 1 aromatic carbocycles. The van der Waals surface area contributed by atoms with Gasteiger partial charge in [0.25, 0.3) is 0 Å². The van der Waals surface area contributed by atoms with E-state index in [4.69, 9.17) is 15.3 Å². The van der Waals surface area contributed by atoms with E-state index in [0.717, 1.165) is 16.9 Å². The van der Waals surface area contributed by atoms with Crippen LogP contribution in [0.15, 0.2) is 42.2 Å². The average molecular weight is 264 g/mol. The molecule has 0 radical (unpaired) electrons. The fourth-order valence-electron chi connectivity index (χ4n) is 1.84. The molecule has 2 aromatic rings. The van der Waals surface area contributed by atoms with Crippen molar-refractivity contribution in [1.82, 2.24) is 9.78 Å². The second kappa shape index (κ2) is 6.21. The molecule has 5 heteroatoms. The van der Waals surface area contributed by atoms with Crippen molar-refractivity contribution >= 4 is 6.08 Å². The molecule has 0 spiro atoms. The van der Waals surface area contributed by atoms with Crippen LogP contribution in [-0.4, -0.2) is 16.9 Å². The first-order valence-corrected chi connectivity index (χ1v) is 5.93. The Hall–Kier alpha value is -3.05. The predicted molar refractivity (Wildman–Crippen MR) is 73.5 cm³/mol. The van der Waals surface area contributed by atoms with Crippen LogP contribution in [0.2, 0.25) is 0 Å². The molecule has 0 atom stereocenters. The number of hydrogen-bond donors (Lipinski definition) is 0. The van der Waals surface area contributed by atoms with E-state index < -0.39 is 0 Å². The van der Waals surface area contributed by atoms with Crippen molar-refractivity contribution in [2.45, 2.75) is 6.54 Å². The van der Waals surface area contributed by atoms with Gasteiger partial charge in [0, 0.05) is 18.0 Å². The number of rotatable bonds is 4. The van der Waals surface area contributed by atoms with Gasteiger partial charge >= 0.3 is 0 Å². The minimum Gasteiger partial charge on any atom is -0.496 e. The Labute approximate surface area is 116 Å². The van der Waals surface area contributed by atoms with Crippen molar-refractivity contribution in [3.8, 4) is 17.9 Å². The molecule has 0 saturated carbocycles. The molecule has 0 unspecified atom stereocenters. The van der Waals surface area contributed by atoms with E-state index in [0.29, 0.717) is 6.54 Å². The van der Waals surface area contributed by atoms with Crippen molar-refractivity contribution in [3.05, 3.63) is 53.4 Å². The lowest BCUT2D eigenvalue weighted by Gasteiger charge is -2.09. The molecule has 20 heavy (non-hydrogen) atoms. The number of methoxy groups -OCH3 is 1. The van der Waals surface area contributed by atoms with Crippen molar-refractivity contribution in [1.29, 1.82) is 10.5 Å². The van der Waals surface area contributed by atoms with E-state index in [9.17, 15) is 0 Å². The second-order valence-corrected chi connectivity index (χ2v) is 4.06. The Morgan fingerprint density at radius 3 is 2.80 bits per heavy atom. The van der Waals surface area contributed by atoms with Crippen LogP contribution in [0.5, 0.6) is 5.75 Å². The molecule has 0 saturated heterocycles. The van der Waals surface area contributed by atoms with E-state index in [1.807, 2.05) is 36.5 Å². The third-order valence-corrected chi connectivity index (χ3v) is 2.75. The predicted octanol–water partition coefficient (Wildman–Crippen LogP) is 2.37. The summed E-state index contributed by atoms with van der Waals surface area (Å²) >= 11 is 0. The maximum atomic E-state index is 8.79. The van der Waals surface area contributed by atoms with Crippen LogP contribution in [0.4, 0.5) is 0 Å². The first kappa shape index (κ1) is 13.4. The van der Waals surface area contributed by atoms with Crippen LogP contribution in [0.25, 0.3) is 6.08 Å². The van der Waals surface area contributed by atoms with Crippen LogP contribution in [0.1, 0.15) is 11.1 Å². The lowest BCUT2D eigenvalue weighted by atomic mass is 10.1. The van der Waals surface area contributed by atoms with Crippen LogP contribution < -0.4 is 4.74 Å². The van der Waals surface area contributed by atoms with Gasteiger partial charge in [-0.2, -0.15) is 15.6 Å². The minimum absolute atomic E-state index is 0.0696. The summed E-state index contributed by atoms with van der Waals surface area (Å²) in [6.45, 7) is 0.562. The Morgan fingerprint density at radius 2 is 2.20 bits per heavy atom. The number of nitrogens with zero attached hydrogens (tertiary/aromatic N) is 4. The maximum absolute atomic E-state index is 8.79. The highest BCUT2D eigenvalue weighted by Crippen LogP contribution is 2.22. The van der Waals surface area contributed by atoms with E-state index in [1.54, 1.807) is 30.1 Å². The standard InChI is InChI=1S/C15H12N4O/c1-20-15-4-3-12(7-13(9-16)10-17)8-14(15)11-19-6-2-5-18-19/h2-8H,11H2,1H3. The van der Waals surface area contributed by atoms with Crippen LogP contribution in [0, 0.1) is 22.7 Å². The number of allylic oxidation sites excluding steroid dienone is 1. The molecule has 0 aliphatic rings. The van der Waals surface area contributed by atoms with Gasteiger partial charge < -0.3 is 4.74 Å². The molecule has 5 nitrogen and oxygen atoms in total. The number of aromatic nitrogens is 2. The normalized spacial score (nSPS) is 9.35. The third-order valence-electron chi connectivity index (χ3n) is 2.75. The summed E-state index contributed by atoms with van der Waals surface area (Å²) in [6, 6.07) is 11.0. The smallest absolute Gasteiger partial charge is 0.130 e. The quantitative estimate of drug-likeness (QED) is 0.794. The van der Waals surface area contributed by atoms with Crippen molar-refractivity contribution in [3.63, 3.8) is 0 Å². The summed E-state index contributed by atoms with van der Waals surface area (Å²) in [6.07, 6.45) is 5.11. The highest BCUT2D eigenvalue weighted by molar-refractivity contribution is 5.63. The summed E-state index contributed by atoms with van der Waals surface area (Å²) < 4.78 is 7.09. The number of benzene rings is 1. The summed E-state index contributed by atoms with van der Waals surface area (Å²) in [7, 11) is 1.60. The number of hydrogen-bond acceptors (Lipinski definition) is 4. The molecule has 0 aliphatic heterocycles. The van der Waals surface area contributed by atoms with Gasteiger partial charge in [-0.05, 0) is 29.8 Å². The molecule has 0 bridgehead atoms. The highest BCUT2D eigenvalue weighted by Gasteiger charge is 2.05. The van der Waals surface area contributed by atoms with Crippen molar-refractivity contribution in [2.75, 3.05) is 7.11 Å². The van der Waals surface area contributed by atoms with E-state index >= 15 is 0 Å². The van der Waals surface area contributed by atoms with Gasteiger partial charge in [-0.3, -0.25) is 4.68 Å². The lowest BCUT2D eigenvalue weighted by molar-refractivity contribution is 0.407. The zero-order valence-corrected chi connectivity index (χ0v) is 10.9. The fourth-order valence-corrected chi connectivity index (χ4v) is 1.84. The molecule has 98 valence electrons. The Morgan fingerprint density at radius 1 is 1.40 bits per heavy atom. The van der Waals surface area contributed by atoms with Gasteiger partial charge in [0.15, 0.2) is 0 Å². The first-order chi connectivity index (χ1) is 9.76. The average Bonchev–Trinajstić information content (AvgIpc) is 2.98. The van der Waals surface area contributed by atoms with Gasteiger partial charge in [0.1, 0.15) is 23.5 Å². The van der Waals surface area contributed by atoms with E-state index in [-0.39, 0.29) is 5.57 Å². The van der Waals surface area contributed by atoms with Crippen LogP contribution in [0.3, 0.4) is 0 Å². The molecule has 0 amide bonds. The molecule has 0 aliphatic carbocycles. The fraction of sp³-hybridized carbons (Fsp3) is 0.133. The minimum atomic E-state index is 0.0696. The van der Waals surface area contributed by atoms with Gasteiger partial charge in [-0.15, -0.1) is 0 Å². The summed E-state index contributed by atoms with van der Waals surface area (Å²) in [4.78, 5) is 0. The SMILES string of the molecule is COc1ccc(C=C(C#N)C#N)cc1Cn1cccn1. The van der Waals surface area contributed by atoms with Gasteiger partial charge in [0.05, 0.1) is 13.7 Å². The zero-order valence-electron chi connectivity index (χ0n) is 10.9. The maximum Gasteiger partial charge on any atom is 0.130 e. The monoisotopic (exact) mass is 264 g/mol. The molecular formula is C15H12N4O. The molecule has 0 N–H and O–H groups in total. The van der Waals surface area contributed by atoms with Crippen molar-refractivity contribution in [2.24, 2.45) is 0 Å².